The highest BCUT2D eigenvalue weighted by atomic mass is 79.9. The van der Waals surface area contributed by atoms with Crippen molar-refractivity contribution in [2.24, 2.45) is 5.92 Å². The molecule has 21 heavy (non-hydrogen) atoms. The molecule has 1 heterocycles. The average Bonchev–Trinajstić information content (AvgIpc) is 2.86. The minimum absolute atomic E-state index is 0.0408. The lowest BCUT2D eigenvalue weighted by Crippen LogP contribution is -2.16. The van der Waals surface area contributed by atoms with Crippen LogP contribution < -0.4 is 0 Å². The molecule has 0 radical (unpaired) electrons. The summed E-state index contributed by atoms with van der Waals surface area (Å²) in [5.41, 5.74) is 1.68. The van der Waals surface area contributed by atoms with Crippen molar-refractivity contribution in [2.45, 2.75) is 19.8 Å². The predicted octanol–water partition coefficient (Wildman–Crippen LogP) is 3.80. The first-order valence-electron chi connectivity index (χ1n) is 6.40. The molecule has 0 aliphatic rings. The van der Waals surface area contributed by atoms with Gasteiger partial charge in [-0.15, -0.1) is 11.3 Å². The van der Waals surface area contributed by atoms with Gasteiger partial charge in [-0.1, -0.05) is 35.0 Å². The van der Waals surface area contributed by atoms with Crippen molar-refractivity contribution < 1.29 is 14.7 Å². The molecule has 1 aromatic carbocycles. The first kappa shape index (κ1) is 15.9. The van der Waals surface area contributed by atoms with Crippen molar-refractivity contribution in [1.29, 1.82) is 0 Å². The summed E-state index contributed by atoms with van der Waals surface area (Å²) >= 11 is 4.89. The Morgan fingerprint density at radius 3 is 2.86 bits per heavy atom. The van der Waals surface area contributed by atoms with Crippen LogP contribution >= 0.6 is 27.3 Å². The van der Waals surface area contributed by atoms with Crippen molar-refractivity contribution in [3.8, 4) is 10.6 Å². The molecule has 0 bridgehead atoms. The molecule has 0 amide bonds. The second-order valence-electron chi connectivity index (χ2n) is 4.81. The number of carbonyl (C=O) groups is 2. The van der Waals surface area contributed by atoms with Crippen LogP contribution in [-0.2, 0) is 16.0 Å². The zero-order valence-electron chi connectivity index (χ0n) is 11.4. The Morgan fingerprint density at radius 1 is 1.43 bits per heavy atom. The Kier molecular flexibility index (Phi) is 5.25. The van der Waals surface area contributed by atoms with Gasteiger partial charge in [-0.2, -0.15) is 0 Å². The molecule has 2 rings (SSSR count). The van der Waals surface area contributed by atoms with Gasteiger partial charge in [-0.05, 0) is 12.1 Å². The SMILES string of the molecule is CC(CC(=O)Cc1csc(-c2cccc(Br)c2)n1)C(=O)O. The standard InChI is InChI=1S/C15H14BrNO3S/c1-9(15(19)20)5-13(18)7-12-8-21-14(17-12)10-3-2-4-11(16)6-10/h2-4,6,8-9H,5,7H2,1H3,(H,19,20). The van der Waals surface area contributed by atoms with Gasteiger partial charge < -0.3 is 5.11 Å². The highest BCUT2D eigenvalue weighted by molar-refractivity contribution is 9.10. The molecule has 6 heteroatoms. The topological polar surface area (TPSA) is 67.3 Å². The van der Waals surface area contributed by atoms with E-state index in [0.717, 1.165) is 15.0 Å². The number of carboxylic acid groups (broad SMARTS) is 1. The number of carbonyl (C=O) groups excluding carboxylic acids is 1. The summed E-state index contributed by atoms with van der Waals surface area (Å²) in [5.74, 6) is -1.70. The summed E-state index contributed by atoms with van der Waals surface area (Å²) in [4.78, 5) is 27.0. The van der Waals surface area contributed by atoms with E-state index in [4.69, 9.17) is 5.11 Å². The molecule has 0 aliphatic carbocycles. The van der Waals surface area contributed by atoms with Gasteiger partial charge in [0.05, 0.1) is 11.6 Å². The van der Waals surface area contributed by atoms with Crippen LogP contribution in [0.2, 0.25) is 0 Å². The second-order valence-corrected chi connectivity index (χ2v) is 6.59. The van der Waals surface area contributed by atoms with Crippen LogP contribution in [0.1, 0.15) is 19.0 Å². The Bertz CT molecular complexity index is 668. The maximum absolute atomic E-state index is 11.8. The summed E-state index contributed by atoms with van der Waals surface area (Å²) in [7, 11) is 0. The smallest absolute Gasteiger partial charge is 0.306 e. The number of Topliss-reactive ketones (excluding diaryl/α,β-unsaturated/α-hetero) is 1. The lowest BCUT2D eigenvalue weighted by atomic mass is 10.0. The number of hydrogen-bond donors (Lipinski definition) is 1. The first-order chi connectivity index (χ1) is 9.95. The van der Waals surface area contributed by atoms with Gasteiger partial charge in [0.25, 0.3) is 0 Å². The second kappa shape index (κ2) is 6.95. The zero-order valence-corrected chi connectivity index (χ0v) is 13.8. The van der Waals surface area contributed by atoms with Gasteiger partial charge in [0.2, 0.25) is 0 Å². The Morgan fingerprint density at radius 2 is 2.19 bits per heavy atom. The number of nitrogens with zero attached hydrogens (tertiary/aromatic N) is 1. The van der Waals surface area contributed by atoms with E-state index in [1.807, 2.05) is 29.6 Å². The molecule has 1 unspecified atom stereocenters. The quantitative estimate of drug-likeness (QED) is 0.842. The number of carboxylic acids is 1. The fourth-order valence-corrected chi connectivity index (χ4v) is 3.06. The van der Waals surface area contributed by atoms with Crippen LogP contribution in [0.25, 0.3) is 10.6 Å². The first-order valence-corrected chi connectivity index (χ1v) is 8.08. The fourth-order valence-electron chi connectivity index (χ4n) is 1.85. The van der Waals surface area contributed by atoms with Crippen LogP contribution in [-0.4, -0.2) is 21.8 Å². The molecular weight excluding hydrogens is 354 g/mol. The molecule has 0 saturated carbocycles. The molecule has 1 N–H and O–H groups in total. The minimum Gasteiger partial charge on any atom is -0.481 e. The van der Waals surface area contributed by atoms with Crippen LogP contribution in [0.3, 0.4) is 0 Å². The lowest BCUT2D eigenvalue weighted by Gasteiger charge is -2.03. The molecule has 0 spiro atoms. The van der Waals surface area contributed by atoms with Crippen molar-refractivity contribution in [3.05, 3.63) is 39.8 Å². The van der Waals surface area contributed by atoms with Crippen LogP contribution in [0.15, 0.2) is 34.1 Å². The van der Waals surface area contributed by atoms with Gasteiger partial charge in [0.1, 0.15) is 10.8 Å². The summed E-state index contributed by atoms with van der Waals surface area (Å²) in [6, 6.07) is 7.80. The van der Waals surface area contributed by atoms with Gasteiger partial charge in [-0.3, -0.25) is 9.59 Å². The lowest BCUT2D eigenvalue weighted by molar-refractivity contribution is -0.143. The van der Waals surface area contributed by atoms with Crippen molar-refractivity contribution in [2.75, 3.05) is 0 Å². The number of hydrogen-bond acceptors (Lipinski definition) is 4. The highest BCUT2D eigenvalue weighted by Gasteiger charge is 2.17. The minimum atomic E-state index is -0.948. The maximum Gasteiger partial charge on any atom is 0.306 e. The van der Waals surface area contributed by atoms with Crippen LogP contribution in [0, 0.1) is 5.92 Å². The third-order valence-corrected chi connectivity index (χ3v) is 4.39. The van der Waals surface area contributed by atoms with Crippen molar-refractivity contribution in [3.63, 3.8) is 0 Å². The van der Waals surface area contributed by atoms with E-state index in [1.165, 1.54) is 18.3 Å². The normalized spacial score (nSPS) is 12.1. The van der Waals surface area contributed by atoms with Crippen LogP contribution in [0.4, 0.5) is 0 Å². The highest BCUT2D eigenvalue weighted by Crippen LogP contribution is 2.26. The molecule has 1 atom stereocenters. The fraction of sp³-hybridized carbons (Fsp3) is 0.267. The molecule has 0 saturated heterocycles. The van der Waals surface area contributed by atoms with Gasteiger partial charge in [0, 0.05) is 28.3 Å². The predicted molar refractivity (Wildman–Crippen MR) is 85.4 cm³/mol. The van der Waals surface area contributed by atoms with E-state index < -0.39 is 11.9 Å². The van der Waals surface area contributed by atoms with E-state index >= 15 is 0 Å². The molecule has 2 aromatic rings. The summed E-state index contributed by atoms with van der Waals surface area (Å²) in [6.45, 7) is 1.54. The number of rotatable bonds is 6. The largest absolute Gasteiger partial charge is 0.481 e. The third kappa shape index (κ3) is 4.47. The molecule has 1 aromatic heterocycles. The molecule has 4 nitrogen and oxygen atoms in total. The Labute approximate surface area is 135 Å². The number of thiazole rings is 1. The van der Waals surface area contributed by atoms with Gasteiger partial charge >= 0.3 is 5.97 Å². The number of aromatic nitrogens is 1. The maximum atomic E-state index is 11.8. The van der Waals surface area contributed by atoms with Crippen molar-refractivity contribution in [1.82, 2.24) is 4.98 Å². The summed E-state index contributed by atoms with van der Waals surface area (Å²) in [5, 5.41) is 11.5. The van der Waals surface area contributed by atoms with E-state index in [0.29, 0.717) is 5.69 Å². The summed E-state index contributed by atoms with van der Waals surface area (Å²) in [6.07, 6.45) is 0.223. The van der Waals surface area contributed by atoms with E-state index in [-0.39, 0.29) is 18.6 Å². The zero-order chi connectivity index (χ0) is 15.4. The van der Waals surface area contributed by atoms with Crippen molar-refractivity contribution >= 4 is 39.0 Å². The van der Waals surface area contributed by atoms with E-state index in [1.54, 1.807) is 0 Å². The monoisotopic (exact) mass is 367 g/mol. The van der Waals surface area contributed by atoms with E-state index in [2.05, 4.69) is 20.9 Å². The van der Waals surface area contributed by atoms with Crippen LogP contribution in [0.5, 0.6) is 0 Å². The Balaban J connectivity index is 2.03. The number of benzene rings is 1. The molecule has 0 fully saturated rings. The number of ketones is 1. The van der Waals surface area contributed by atoms with Gasteiger partial charge in [-0.25, -0.2) is 4.98 Å². The Hall–Kier alpha value is -1.53. The number of aliphatic carboxylic acids is 1. The number of halogens is 1. The summed E-state index contributed by atoms with van der Waals surface area (Å²) < 4.78 is 0.975. The van der Waals surface area contributed by atoms with E-state index in [9.17, 15) is 9.59 Å². The van der Waals surface area contributed by atoms with Gasteiger partial charge in [0.15, 0.2) is 0 Å². The third-order valence-electron chi connectivity index (χ3n) is 2.96. The molecular formula is C15H14BrNO3S. The molecule has 110 valence electrons. The molecule has 0 aliphatic heterocycles. The average molecular weight is 368 g/mol.